The number of ether oxygens (including phenoxy) is 2. The van der Waals surface area contributed by atoms with Gasteiger partial charge < -0.3 is 14.8 Å². The van der Waals surface area contributed by atoms with Crippen LogP contribution < -0.4 is 14.8 Å². The lowest BCUT2D eigenvalue weighted by Crippen LogP contribution is -2.13. The second kappa shape index (κ2) is 10.1. The number of nitriles is 1. The minimum Gasteiger partial charge on any atom is -0.493 e. The van der Waals surface area contributed by atoms with Crippen molar-refractivity contribution >= 4 is 0 Å². The van der Waals surface area contributed by atoms with Crippen molar-refractivity contribution in [2.75, 3.05) is 13.7 Å². The fourth-order valence-corrected chi connectivity index (χ4v) is 2.73. The molecular weight excluding hydrogens is 354 g/mol. The molecule has 0 unspecified atom stereocenters. The van der Waals surface area contributed by atoms with Gasteiger partial charge in [0.25, 0.3) is 0 Å². The lowest BCUT2D eigenvalue weighted by molar-refractivity contribution is 0.290. The number of benzene rings is 1. The summed E-state index contributed by atoms with van der Waals surface area (Å²) in [5.41, 5.74) is 2.22. The topological polar surface area (TPSA) is 85.0 Å². The van der Waals surface area contributed by atoms with E-state index in [0.717, 1.165) is 16.9 Å². The second-order valence-electron chi connectivity index (χ2n) is 6.17. The Morgan fingerprint density at radius 2 is 1.96 bits per heavy atom. The molecule has 0 aliphatic carbocycles. The molecule has 0 aliphatic rings. The molecule has 1 N–H and O–H groups in total. The molecule has 0 saturated heterocycles. The van der Waals surface area contributed by atoms with Crippen LogP contribution in [0.25, 0.3) is 5.82 Å². The number of pyridine rings is 1. The highest BCUT2D eigenvalue weighted by Gasteiger charge is 2.06. The number of hydrogen-bond donors (Lipinski definition) is 1. The van der Waals surface area contributed by atoms with Gasteiger partial charge in [-0.2, -0.15) is 10.4 Å². The minimum absolute atomic E-state index is 0.482. The molecule has 0 bridgehead atoms. The standard InChI is InChI=1S/C21H23N5O2/c1-27-19-6-5-17(13-20(19)28-12-3-2-8-22)15-23-16-18-7-10-24-21(14-18)26-11-4-9-25-26/h4-7,9-11,13-14,23H,2-3,12,15-16H2,1H3. The van der Waals surface area contributed by atoms with Crippen molar-refractivity contribution in [2.24, 2.45) is 0 Å². The Balaban J connectivity index is 1.57. The van der Waals surface area contributed by atoms with Crippen LogP contribution in [0, 0.1) is 11.3 Å². The zero-order chi connectivity index (χ0) is 19.6. The average molecular weight is 377 g/mol. The number of rotatable bonds is 10. The third-order valence-corrected chi connectivity index (χ3v) is 4.13. The molecule has 2 aromatic heterocycles. The van der Waals surface area contributed by atoms with E-state index >= 15 is 0 Å². The molecule has 1 aromatic carbocycles. The second-order valence-corrected chi connectivity index (χ2v) is 6.17. The molecule has 0 atom stereocenters. The van der Waals surface area contributed by atoms with E-state index in [-0.39, 0.29) is 0 Å². The Hall–Kier alpha value is -3.37. The van der Waals surface area contributed by atoms with Crippen molar-refractivity contribution in [2.45, 2.75) is 25.9 Å². The monoisotopic (exact) mass is 377 g/mol. The predicted molar refractivity (Wildman–Crippen MR) is 105 cm³/mol. The third kappa shape index (κ3) is 5.32. The van der Waals surface area contributed by atoms with E-state index in [0.29, 0.717) is 44.0 Å². The van der Waals surface area contributed by atoms with Crippen LogP contribution >= 0.6 is 0 Å². The maximum absolute atomic E-state index is 8.62. The van der Waals surface area contributed by atoms with Crippen molar-refractivity contribution in [3.8, 4) is 23.4 Å². The summed E-state index contributed by atoms with van der Waals surface area (Å²) >= 11 is 0. The Morgan fingerprint density at radius 1 is 1.11 bits per heavy atom. The number of aromatic nitrogens is 3. The Morgan fingerprint density at radius 3 is 2.71 bits per heavy atom. The van der Waals surface area contributed by atoms with Gasteiger partial charge in [0.05, 0.1) is 19.8 Å². The van der Waals surface area contributed by atoms with Crippen LogP contribution in [0.5, 0.6) is 11.5 Å². The van der Waals surface area contributed by atoms with Gasteiger partial charge in [-0.25, -0.2) is 9.67 Å². The van der Waals surface area contributed by atoms with Gasteiger partial charge in [0.15, 0.2) is 17.3 Å². The van der Waals surface area contributed by atoms with Crippen LogP contribution in [0.4, 0.5) is 0 Å². The number of nitrogens with one attached hydrogen (secondary N) is 1. The number of unbranched alkanes of at least 4 members (excludes halogenated alkanes) is 1. The Bertz CT molecular complexity index is 919. The van der Waals surface area contributed by atoms with E-state index < -0.39 is 0 Å². The fraction of sp³-hybridized carbons (Fsp3) is 0.286. The van der Waals surface area contributed by atoms with Gasteiger partial charge in [-0.3, -0.25) is 0 Å². The Labute approximate surface area is 164 Å². The SMILES string of the molecule is COc1ccc(CNCc2ccnc(-n3cccn3)c2)cc1OCCCC#N. The smallest absolute Gasteiger partial charge is 0.161 e. The first-order chi connectivity index (χ1) is 13.8. The van der Waals surface area contributed by atoms with E-state index in [9.17, 15) is 0 Å². The molecule has 0 saturated carbocycles. The van der Waals surface area contributed by atoms with E-state index in [4.69, 9.17) is 14.7 Å². The van der Waals surface area contributed by atoms with Gasteiger partial charge in [0.1, 0.15) is 0 Å². The first-order valence-electron chi connectivity index (χ1n) is 9.12. The van der Waals surface area contributed by atoms with Gasteiger partial charge in [-0.15, -0.1) is 0 Å². The molecule has 28 heavy (non-hydrogen) atoms. The van der Waals surface area contributed by atoms with Gasteiger partial charge in [0, 0.05) is 38.1 Å². The van der Waals surface area contributed by atoms with Crippen molar-refractivity contribution in [3.05, 3.63) is 66.1 Å². The van der Waals surface area contributed by atoms with E-state index in [1.165, 1.54) is 0 Å². The lowest BCUT2D eigenvalue weighted by Gasteiger charge is -2.12. The molecule has 0 amide bonds. The lowest BCUT2D eigenvalue weighted by atomic mass is 10.2. The maximum Gasteiger partial charge on any atom is 0.161 e. The van der Waals surface area contributed by atoms with E-state index in [2.05, 4.69) is 21.5 Å². The number of methoxy groups -OCH3 is 1. The molecule has 0 spiro atoms. The number of nitrogens with zero attached hydrogens (tertiary/aromatic N) is 4. The summed E-state index contributed by atoms with van der Waals surface area (Å²) in [7, 11) is 1.62. The van der Waals surface area contributed by atoms with Gasteiger partial charge in [0.2, 0.25) is 0 Å². The van der Waals surface area contributed by atoms with E-state index in [1.807, 2.05) is 42.6 Å². The van der Waals surface area contributed by atoms with Crippen molar-refractivity contribution in [1.82, 2.24) is 20.1 Å². The van der Waals surface area contributed by atoms with Crippen LogP contribution in [0.3, 0.4) is 0 Å². The minimum atomic E-state index is 0.482. The van der Waals surface area contributed by atoms with E-state index in [1.54, 1.807) is 24.2 Å². The third-order valence-electron chi connectivity index (χ3n) is 4.13. The molecule has 2 heterocycles. The quantitative estimate of drug-likeness (QED) is 0.546. The molecule has 0 radical (unpaired) electrons. The zero-order valence-electron chi connectivity index (χ0n) is 15.8. The summed E-state index contributed by atoms with van der Waals surface area (Å²) in [6.07, 6.45) is 6.57. The summed E-state index contributed by atoms with van der Waals surface area (Å²) < 4.78 is 12.9. The highest BCUT2D eigenvalue weighted by molar-refractivity contribution is 5.43. The van der Waals surface area contributed by atoms with Crippen LogP contribution in [0.2, 0.25) is 0 Å². The largest absolute Gasteiger partial charge is 0.493 e. The normalized spacial score (nSPS) is 10.4. The van der Waals surface area contributed by atoms with Gasteiger partial charge in [-0.05, 0) is 47.9 Å². The van der Waals surface area contributed by atoms with Crippen molar-refractivity contribution in [3.63, 3.8) is 0 Å². The van der Waals surface area contributed by atoms with Gasteiger partial charge >= 0.3 is 0 Å². The molecule has 3 rings (SSSR count). The maximum atomic E-state index is 8.62. The summed E-state index contributed by atoms with van der Waals surface area (Å²) in [6, 6.07) is 13.9. The summed E-state index contributed by atoms with van der Waals surface area (Å²) in [4.78, 5) is 4.34. The van der Waals surface area contributed by atoms with Crippen molar-refractivity contribution in [1.29, 1.82) is 5.26 Å². The predicted octanol–water partition coefficient (Wildman–Crippen LogP) is 3.25. The fourth-order valence-electron chi connectivity index (χ4n) is 2.73. The highest BCUT2D eigenvalue weighted by Crippen LogP contribution is 2.28. The summed E-state index contributed by atoms with van der Waals surface area (Å²) in [5, 5.41) is 16.3. The summed E-state index contributed by atoms with van der Waals surface area (Å²) in [6.45, 7) is 1.90. The van der Waals surface area contributed by atoms with Crippen LogP contribution in [0.15, 0.2) is 55.0 Å². The molecule has 144 valence electrons. The first kappa shape index (κ1) is 19.4. The summed E-state index contributed by atoms with van der Waals surface area (Å²) in [5.74, 6) is 2.19. The van der Waals surface area contributed by atoms with Crippen LogP contribution in [0.1, 0.15) is 24.0 Å². The molecule has 0 fully saturated rings. The molecular formula is C21H23N5O2. The van der Waals surface area contributed by atoms with Crippen LogP contribution in [-0.4, -0.2) is 28.5 Å². The number of hydrogen-bond acceptors (Lipinski definition) is 6. The first-order valence-corrected chi connectivity index (χ1v) is 9.12. The Kier molecular flexibility index (Phi) is 6.99. The average Bonchev–Trinajstić information content (AvgIpc) is 3.27. The molecule has 0 aliphatic heterocycles. The van der Waals surface area contributed by atoms with Gasteiger partial charge in [-0.1, -0.05) is 6.07 Å². The van der Waals surface area contributed by atoms with Crippen LogP contribution in [-0.2, 0) is 13.1 Å². The molecule has 7 heteroatoms. The molecule has 3 aromatic rings. The van der Waals surface area contributed by atoms with Crippen molar-refractivity contribution < 1.29 is 9.47 Å². The highest BCUT2D eigenvalue weighted by atomic mass is 16.5. The zero-order valence-corrected chi connectivity index (χ0v) is 15.8. The molecule has 7 nitrogen and oxygen atoms in total.